The summed E-state index contributed by atoms with van der Waals surface area (Å²) in [5.41, 5.74) is 1.68. The number of alkyl halides is 3. The van der Waals surface area contributed by atoms with Crippen molar-refractivity contribution in [1.82, 2.24) is 25.1 Å². The molecule has 0 unspecified atom stereocenters. The number of nitrogens with one attached hydrogen (secondary N) is 1. The van der Waals surface area contributed by atoms with Gasteiger partial charge in [0.25, 0.3) is 5.91 Å². The number of carboxylic acids is 1. The Bertz CT molecular complexity index is 965. The molecule has 2 aromatic heterocycles. The Hall–Kier alpha value is -3.02. The number of halogens is 3. The van der Waals surface area contributed by atoms with Crippen LogP contribution in [0.3, 0.4) is 0 Å². The number of carbonyl (C=O) groups excluding carboxylic acids is 1. The highest BCUT2D eigenvalue weighted by atomic mass is 19.4. The molecular weight excluding hydrogens is 431 g/mol. The topological polar surface area (TPSA) is 121 Å². The van der Waals surface area contributed by atoms with Gasteiger partial charge >= 0.3 is 12.1 Å². The molecule has 0 aromatic carbocycles. The molecule has 2 aliphatic rings. The number of hydrogen-bond acceptors (Lipinski definition) is 6. The van der Waals surface area contributed by atoms with Crippen molar-refractivity contribution in [2.75, 3.05) is 19.7 Å². The summed E-state index contributed by atoms with van der Waals surface area (Å²) in [5.74, 6) is -0.182. The van der Waals surface area contributed by atoms with Crippen LogP contribution in [-0.4, -0.2) is 74.0 Å². The lowest BCUT2D eigenvalue weighted by Gasteiger charge is -2.35. The van der Waals surface area contributed by atoms with Crippen LogP contribution in [0.25, 0.3) is 0 Å². The Balaban J connectivity index is 0.000000360. The summed E-state index contributed by atoms with van der Waals surface area (Å²) in [6, 6.07) is 1.90. The third kappa shape index (κ3) is 5.81. The molecule has 2 N–H and O–H groups in total. The van der Waals surface area contributed by atoms with Crippen molar-refractivity contribution in [3.8, 4) is 0 Å². The smallest absolute Gasteiger partial charge is 0.475 e. The molecular formula is C20H24F3N5O4. The minimum atomic E-state index is -5.08. The summed E-state index contributed by atoms with van der Waals surface area (Å²) >= 11 is 0. The van der Waals surface area contributed by atoms with Crippen LogP contribution < -0.4 is 0 Å². The number of rotatable bonds is 3. The maximum atomic E-state index is 12.7. The van der Waals surface area contributed by atoms with E-state index in [0.29, 0.717) is 24.0 Å². The predicted octanol–water partition coefficient (Wildman–Crippen LogP) is 2.17. The molecule has 2 saturated heterocycles. The van der Waals surface area contributed by atoms with E-state index >= 15 is 0 Å². The largest absolute Gasteiger partial charge is 0.490 e. The molecule has 0 aliphatic carbocycles. The molecule has 0 bridgehead atoms. The average Bonchev–Trinajstić information content (AvgIpc) is 3.33. The van der Waals surface area contributed by atoms with E-state index in [1.165, 1.54) is 0 Å². The van der Waals surface area contributed by atoms with E-state index in [1.54, 1.807) is 12.4 Å². The number of hydrogen-bond donors (Lipinski definition) is 2. The molecule has 2 aromatic rings. The number of carboxylic acid groups (broad SMARTS) is 1. The summed E-state index contributed by atoms with van der Waals surface area (Å²) in [4.78, 5) is 32.1. The standard InChI is InChI=1S/C18H23N5O2.C2HF3O2/c1-11-5-13(8-19-7-11)18(24)23-4-3-15-14(9-23)10-25-16(15)6-17-20-12(2)21-22-17;3-2(4,5)1(6)7/h5,7-8,14-16H,3-4,6,9-10H2,1-2H3,(H,20,21,22);(H,6,7)/t14-,15-,16-;/m1./s1. The molecule has 3 atom stereocenters. The van der Waals surface area contributed by atoms with Gasteiger partial charge in [0.1, 0.15) is 5.82 Å². The third-order valence-corrected chi connectivity index (χ3v) is 5.47. The summed E-state index contributed by atoms with van der Waals surface area (Å²) in [7, 11) is 0. The van der Waals surface area contributed by atoms with Crippen LogP contribution in [-0.2, 0) is 16.0 Å². The molecule has 2 aliphatic heterocycles. The number of aromatic nitrogens is 4. The fourth-order valence-corrected chi connectivity index (χ4v) is 4.00. The zero-order valence-corrected chi connectivity index (χ0v) is 17.6. The van der Waals surface area contributed by atoms with E-state index in [9.17, 15) is 18.0 Å². The van der Waals surface area contributed by atoms with Crippen LogP contribution in [0.15, 0.2) is 18.5 Å². The Morgan fingerprint density at radius 1 is 1.31 bits per heavy atom. The SMILES string of the molecule is Cc1cncc(C(=O)N2CC[C@@H]3[C@@H](CO[C@@H]3Cc3n[nH]c(C)n3)C2)c1.O=C(O)C(F)(F)F. The summed E-state index contributed by atoms with van der Waals surface area (Å²) in [6.07, 6.45) is 0.188. The molecule has 174 valence electrons. The van der Waals surface area contributed by atoms with Gasteiger partial charge in [-0.2, -0.15) is 18.3 Å². The first kappa shape index (κ1) is 23.6. The van der Waals surface area contributed by atoms with Gasteiger partial charge in [-0.1, -0.05) is 0 Å². The molecule has 12 heteroatoms. The normalized spacial score (nSPS) is 22.7. The van der Waals surface area contributed by atoms with E-state index in [-0.39, 0.29) is 12.0 Å². The highest BCUT2D eigenvalue weighted by Crippen LogP contribution is 2.36. The van der Waals surface area contributed by atoms with Crippen molar-refractivity contribution in [1.29, 1.82) is 0 Å². The summed E-state index contributed by atoms with van der Waals surface area (Å²) < 4.78 is 37.8. The number of amides is 1. The van der Waals surface area contributed by atoms with Gasteiger partial charge in [-0.3, -0.25) is 14.9 Å². The van der Waals surface area contributed by atoms with E-state index in [1.807, 2.05) is 24.8 Å². The molecule has 0 spiro atoms. The predicted molar refractivity (Wildman–Crippen MR) is 105 cm³/mol. The van der Waals surface area contributed by atoms with Crippen LogP contribution in [0.4, 0.5) is 13.2 Å². The summed E-state index contributed by atoms with van der Waals surface area (Å²) in [5, 5.41) is 14.2. The van der Waals surface area contributed by atoms with Gasteiger partial charge in [-0.05, 0) is 37.8 Å². The van der Waals surface area contributed by atoms with Gasteiger partial charge in [0.2, 0.25) is 0 Å². The molecule has 1 amide bonds. The van der Waals surface area contributed by atoms with E-state index in [0.717, 1.165) is 43.1 Å². The maximum absolute atomic E-state index is 12.7. The lowest BCUT2D eigenvalue weighted by atomic mass is 9.83. The molecule has 2 fully saturated rings. The highest BCUT2D eigenvalue weighted by Gasteiger charge is 2.42. The average molecular weight is 455 g/mol. The maximum Gasteiger partial charge on any atom is 0.490 e. The second kappa shape index (κ2) is 9.63. The van der Waals surface area contributed by atoms with E-state index < -0.39 is 12.1 Å². The summed E-state index contributed by atoms with van der Waals surface area (Å²) in [6.45, 7) is 6.08. The monoisotopic (exact) mass is 455 g/mol. The van der Waals surface area contributed by atoms with Crippen molar-refractivity contribution >= 4 is 11.9 Å². The number of aromatic amines is 1. The quantitative estimate of drug-likeness (QED) is 0.728. The number of aliphatic carboxylic acids is 1. The molecule has 9 nitrogen and oxygen atoms in total. The number of ether oxygens (including phenoxy) is 1. The van der Waals surface area contributed by atoms with Crippen molar-refractivity contribution in [2.45, 2.75) is 39.0 Å². The first-order chi connectivity index (χ1) is 15.0. The minimum Gasteiger partial charge on any atom is -0.475 e. The molecule has 0 radical (unpaired) electrons. The number of nitrogens with zero attached hydrogens (tertiary/aromatic N) is 4. The van der Waals surface area contributed by atoms with Crippen LogP contribution >= 0.6 is 0 Å². The molecule has 0 saturated carbocycles. The second-order valence-corrected chi connectivity index (χ2v) is 7.93. The minimum absolute atomic E-state index is 0.0719. The molecule has 32 heavy (non-hydrogen) atoms. The first-order valence-corrected chi connectivity index (χ1v) is 10.0. The van der Waals surface area contributed by atoms with Gasteiger partial charge in [0, 0.05) is 37.8 Å². The number of aryl methyl sites for hydroxylation is 2. The highest BCUT2D eigenvalue weighted by molar-refractivity contribution is 5.94. The van der Waals surface area contributed by atoms with E-state index in [4.69, 9.17) is 14.6 Å². The number of H-pyrrole nitrogens is 1. The second-order valence-electron chi connectivity index (χ2n) is 7.93. The van der Waals surface area contributed by atoms with Gasteiger partial charge in [0.05, 0.1) is 18.3 Å². The van der Waals surface area contributed by atoms with Crippen molar-refractivity contribution < 1.29 is 32.6 Å². The fraction of sp³-hybridized carbons (Fsp3) is 0.550. The van der Waals surface area contributed by atoms with E-state index in [2.05, 4.69) is 20.2 Å². The lowest BCUT2D eigenvalue weighted by molar-refractivity contribution is -0.192. The molecule has 4 rings (SSSR count). The Labute approximate surface area is 182 Å². The number of pyridine rings is 1. The Morgan fingerprint density at radius 3 is 2.62 bits per heavy atom. The van der Waals surface area contributed by atoms with Crippen molar-refractivity contribution in [3.05, 3.63) is 41.2 Å². The zero-order chi connectivity index (χ0) is 23.5. The Morgan fingerprint density at radius 2 is 2.03 bits per heavy atom. The number of likely N-dealkylation sites (tertiary alicyclic amines) is 1. The van der Waals surface area contributed by atoms with Gasteiger partial charge in [0.15, 0.2) is 5.82 Å². The number of fused-ring (bicyclic) bond motifs is 1. The molecule has 4 heterocycles. The third-order valence-electron chi connectivity index (χ3n) is 5.47. The van der Waals surface area contributed by atoms with Crippen LogP contribution in [0.5, 0.6) is 0 Å². The van der Waals surface area contributed by atoms with Gasteiger partial charge in [-0.25, -0.2) is 9.78 Å². The van der Waals surface area contributed by atoms with Crippen LogP contribution in [0, 0.1) is 25.7 Å². The fourth-order valence-electron chi connectivity index (χ4n) is 4.00. The lowest BCUT2D eigenvalue weighted by Crippen LogP contribution is -2.44. The number of piperidine rings is 1. The van der Waals surface area contributed by atoms with Crippen LogP contribution in [0.2, 0.25) is 0 Å². The Kier molecular flexibility index (Phi) is 7.12. The first-order valence-electron chi connectivity index (χ1n) is 10.0. The zero-order valence-electron chi connectivity index (χ0n) is 17.6. The number of carbonyl (C=O) groups is 2. The van der Waals surface area contributed by atoms with Gasteiger partial charge < -0.3 is 14.7 Å². The van der Waals surface area contributed by atoms with Crippen molar-refractivity contribution in [3.63, 3.8) is 0 Å². The van der Waals surface area contributed by atoms with Crippen molar-refractivity contribution in [2.24, 2.45) is 11.8 Å². The van der Waals surface area contributed by atoms with Crippen LogP contribution in [0.1, 0.15) is 34.0 Å². The van der Waals surface area contributed by atoms with Gasteiger partial charge in [-0.15, -0.1) is 0 Å².